The molecule has 0 spiro atoms. The maximum absolute atomic E-state index is 11.5. The van der Waals surface area contributed by atoms with E-state index < -0.39 is 29.3 Å². The minimum absolute atomic E-state index is 0.0973. The van der Waals surface area contributed by atoms with Gasteiger partial charge in [-0.1, -0.05) is 0 Å². The summed E-state index contributed by atoms with van der Waals surface area (Å²) in [4.78, 5) is 24.5. The molecule has 2 heterocycles. The molecule has 0 unspecified atom stereocenters. The molecule has 4 N–H and O–H groups in total. The summed E-state index contributed by atoms with van der Waals surface area (Å²) in [5.41, 5.74) is 4.71. The first-order chi connectivity index (χ1) is 7.42. The Morgan fingerprint density at radius 1 is 1.69 bits per heavy atom. The summed E-state index contributed by atoms with van der Waals surface area (Å²) >= 11 is 0. The summed E-state index contributed by atoms with van der Waals surface area (Å²) in [6.07, 6.45) is 0.166. The Hall–Kier alpha value is -1.44. The summed E-state index contributed by atoms with van der Waals surface area (Å²) < 4.78 is 6.41. The highest BCUT2D eigenvalue weighted by Crippen LogP contribution is 2.28. The standard InChI is InChI=1S/C9H13N3O4/c1-5-6(13)4-9(10,16-5)12-3-2-7(14)11-8(12)15/h2-3,5-6,13H,4,10H2,1H3,(H,11,14,15)/t5-,6+,9+/m1/s1. The molecule has 2 rings (SSSR count). The van der Waals surface area contributed by atoms with Crippen LogP contribution in [0.1, 0.15) is 13.3 Å². The molecule has 7 heteroatoms. The van der Waals surface area contributed by atoms with Crippen LogP contribution >= 0.6 is 0 Å². The van der Waals surface area contributed by atoms with Gasteiger partial charge in [-0.3, -0.25) is 20.1 Å². The summed E-state index contributed by atoms with van der Waals surface area (Å²) in [6, 6.07) is 1.18. The Bertz CT molecular complexity index is 496. The number of ether oxygens (including phenoxy) is 1. The van der Waals surface area contributed by atoms with Gasteiger partial charge in [0.2, 0.25) is 5.85 Å². The van der Waals surface area contributed by atoms with Crippen LogP contribution in [-0.4, -0.2) is 26.9 Å². The number of H-pyrrole nitrogens is 1. The maximum atomic E-state index is 11.5. The summed E-state index contributed by atoms with van der Waals surface area (Å²) in [7, 11) is 0. The molecule has 0 amide bonds. The van der Waals surface area contributed by atoms with Crippen LogP contribution in [0.3, 0.4) is 0 Å². The lowest BCUT2D eigenvalue weighted by atomic mass is 10.2. The number of nitrogens with zero attached hydrogens (tertiary/aromatic N) is 1. The summed E-state index contributed by atoms with van der Waals surface area (Å²) in [6.45, 7) is 1.66. The molecule has 7 nitrogen and oxygen atoms in total. The number of aromatic nitrogens is 2. The average molecular weight is 227 g/mol. The average Bonchev–Trinajstić information content (AvgIpc) is 2.41. The number of nitrogens with one attached hydrogen (secondary N) is 1. The lowest BCUT2D eigenvalue weighted by Gasteiger charge is -2.25. The second-order valence-electron chi connectivity index (χ2n) is 3.92. The molecule has 1 fully saturated rings. The molecule has 1 aliphatic rings. The molecule has 88 valence electrons. The fourth-order valence-electron chi connectivity index (χ4n) is 1.78. The molecule has 1 aromatic heterocycles. The van der Waals surface area contributed by atoms with E-state index >= 15 is 0 Å². The predicted octanol–water partition coefficient (Wildman–Crippen LogP) is -1.72. The van der Waals surface area contributed by atoms with E-state index in [1.807, 2.05) is 0 Å². The zero-order chi connectivity index (χ0) is 11.9. The number of hydrogen-bond donors (Lipinski definition) is 3. The predicted molar refractivity (Wildman–Crippen MR) is 54.7 cm³/mol. The molecule has 3 atom stereocenters. The smallest absolute Gasteiger partial charge is 0.331 e. The molecule has 1 aromatic rings. The molecule has 1 saturated heterocycles. The van der Waals surface area contributed by atoms with Gasteiger partial charge < -0.3 is 9.84 Å². The highest BCUT2D eigenvalue weighted by atomic mass is 16.6. The van der Waals surface area contributed by atoms with Crippen LogP contribution in [0.4, 0.5) is 0 Å². The molecular weight excluding hydrogens is 214 g/mol. The quantitative estimate of drug-likeness (QED) is 0.528. The van der Waals surface area contributed by atoms with Gasteiger partial charge in [-0.25, -0.2) is 4.79 Å². The van der Waals surface area contributed by atoms with Gasteiger partial charge in [-0.2, -0.15) is 0 Å². The number of rotatable bonds is 1. The third kappa shape index (κ3) is 1.69. The number of nitrogens with two attached hydrogens (primary N) is 1. The van der Waals surface area contributed by atoms with Crippen molar-refractivity contribution in [1.82, 2.24) is 9.55 Å². The van der Waals surface area contributed by atoms with E-state index in [4.69, 9.17) is 10.5 Å². The fraction of sp³-hybridized carbons (Fsp3) is 0.556. The number of aromatic amines is 1. The molecule has 16 heavy (non-hydrogen) atoms. The van der Waals surface area contributed by atoms with Crippen LogP contribution in [0.2, 0.25) is 0 Å². The Morgan fingerprint density at radius 3 is 2.88 bits per heavy atom. The monoisotopic (exact) mass is 227 g/mol. The van der Waals surface area contributed by atoms with Gasteiger partial charge in [-0.05, 0) is 6.92 Å². The topological polar surface area (TPSA) is 110 Å². The van der Waals surface area contributed by atoms with Crippen LogP contribution in [0.15, 0.2) is 21.9 Å². The SMILES string of the molecule is C[C@H]1O[C@@](N)(n2ccc(=O)[nH]c2=O)C[C@@H]1O. The van der Waals surface area contributed by atoms with Crippen molar-refractivity contribution in [2.75, 3.05) is 0 Å². The minimum atomic E-state index is -1.40. The largest absolute Gasteiger partial charge is 0.390 e. The fourth-order valence-corrected chi connectivity index (χ4v) is 1.78. The van der Waals surface area contributed by atoms with Crippen molar-refractivity contribution in [3.05, 3.63) is 33.1 Å². The molecule has 0 aliphatic carbocycles. The van der Waals surface area contributed by atoms with Crippen LogP contribution in [0, 0.1) is 0 Å². The molecule has 0 saturated carbocycles. The van der Waals surface area contributed by atoms with Gasteiger partial charge in [0.25, 0.3) is 5.56 Å². The third-order valence-corrected chi connectivity index (χ3v) is 2.67. The summed E-state index contributed by atoms with van der Waals surface area (Å²) in [5.74, 6) is -1.40. The van der Waals surface area contributed by atoms with Crippen molar-refractivity contribution in [2.45, 2.75) is 31.4 Å². The van der Waals surface area contributed by atoms with Crippen LogP contribution < -0.4 is 17.0 Å². The van der Waals surface area contributed by atoms with E-state index in [1.165, 1.54) is 12.3 Å². The Balaban J connectivity index is 2.45. The van der Waals surface area contributed by atoms with Crippen molar-refractivity contribution in [1.29, 1.82) is 0 Å². The molecule has 0 radical (unpaired) electrons. The van der Waals surface area contributed by atoms with E-state index in [1.54, 1.807) is 6.92 Å². The number of aliphatic hydroxyl groups is 1. The highest BCUT2D eigenvalue weighted by Gasteiger charge is 2.43. The van der Waals surface area contributed by atoms with Gasteiger partial charge in [0.1, 0.15) is 0 Å². The first kappa shape index (κ1) is 11.1. The lowest BCUT2D eigenvalue weighted by molar-refractivity contribution is -0.0957. The van der Waals surface area contributed by atoms with Gasteiger partial charge in [0, 0.05) is 18.7 Å². The van der Waals surface area contributed by atoms with E-state index in [-0.39, 0.29) is 6.42 Å². The normalized spacial score (nSPS) is 34.2. The zero-order valence-electron chi connectivity index (χ0n) is 8.71. The zero-order valence-corrected chi connectivity index (χ0v) is 8.71. The van der Waals surface area contributed by atoms with E-state index in [2.05, 4.69) is 4.98 Å². The second-order valence-corrected chi connectivity index (χ2v) is 3.92. The Labute approximate surface area is 90.5 Å². The van der Waals surface area contributed by atoms with Crippen molar-refractivity contribution in [3.8, 4) is 0 Å². The highest BCUT2D eigenvalue weighted by molar-refractivity contribution is 4.92. The lowest BCUT2D eigenvalue weighted by Crippen LogP contribution is -2.50. The minimum Gasteiger partial charge on any atom is -0.390 e. The van der Waals surface area contributed by atoms with Gasteiger partial charge >= 0.3 is 5.69 Å². The van der Waals surface area contributed by atoms with Gasteiger partial charge in [0.15, 0.2) is 0 Å². The number of hydrogen-bond acceptors (Lipinski definition) is 5. The molecular formula is C9H13N3O4. The number of aliphatic hydroxyl groups excluding tert-OH is 1. The van der Waals surface area contributed by atoms with E-state index in [9.17, 15) is 14.7 Å². The molecule has 1 aliphatic heterocycles. The van der Waals surface area contributed by atoms with Crippen molar-refractivity contribution in [2.24, 2.45) is 5.73 Å². The Kier molecular flexibility index (Phi) is 2.45. The first-order valence-corrected chi connectivity index (χ1v) is 4.89. The molecule has 0 aromatic carbocycles. The van der Waals surface area contributed by atoms with Crippen molar-refractivity contribution < 1.29 is 9.84 Å². The second kappa shape index (κ2) is 3.55. The van der Waals surface area contributed by atoms with Crippen molar-refractivity contribution >= 4 is 0 Å². The van der Waals surface area contributed by atoms with E-state index in [0.29, 0.717) is 0 Å². The van der Waals surface area contributed by atoms with Crippen LogP contribution in [0.5, 0.6) is 0 Å². The third-order valence-electron chi connectivity index (χ3n) is 2.67. The van der Waals surface area contributed by atoms with Gasteiger partial charge in [-0.15, -0.1) is 0 Å². The Morgan fingerprint density at radius 2 is 2.38 bits per heavy atom. The van der Waals surface area contributed by atoms with E-state index in [0.717, 1.165) is 4.57 Å². The first-order valence-electron chi connectivity index (χ1n) is 4.89. The maximum Gasteiger partial charge on any atom is 0.331 e. The van der Waals surface area contributed by atoms with Gasteiger partial charge in [0.05, 0.1) is 12.2 Å². The van der Waals surface area contributed by atoms with Crippen molar-refractivity contribution in [3.63, 3.8) is 0 Å². The molecule has 0 bridgehead atoms. The van der Waals surface area contributed by atoms with Crippen LogP contribution in [0.25, 0.3) is 0 Å². The summed E-state index contributed by atoms with van der Waals surface area (Å²) in [5, 5.41) is 9.55. The van der Waals surface area contributed by atoms with Crippen LogP contribution in [-0.2, 0) is 10.6 Å².